The molecular weight excluding hydrogens is 284 g/mol. The van der Waals surface area contributed by atoms with Crippen LogP contribution < -0.4 is 0 Å². The minimum atomic E-state index is -0.887. The summed E-state index contributed by atoms with van der Waals surface area (Å²) in [6.07, 6.45) is 16.0. The van der Waals surface area contributed by atoms with Crippen LogP contribution in [0.4, 0.5) is 0 Å². The average Bonchev–Trinajstić information content (AvgIpc) is 2.79. The second-order valence-corrected chi connectivity index (χ2v) is 9.41. The maximum atomic E-state index is 10.7. The van der Waals surface area contributed by atoms with Crippen LogP contribution in [0.25, 0.3) is 0 Å². The van der Waals surface area contributed by atoms with E-state index in [-0.39, 0.29) is 16.9 Å². The highest BCUT2D eigenvalue weighted by atomic mass is 16.3. The molecule has 0 aromatic heterocycles. The van der Waals surface area contributed by atoms with Crippen LogP contribution in [0.2, 0.25) is 0 Å². The molecule has 0 unspecified atom stereocenters. The molecule has 126 valence electrons. The van der Waals surface area contributed by atoms with Crippen molar-refractivity contribution in [3.63, 3.8) is 0 Å². The first-order chi connectivity index (χ1) is 10.8. The van der Waals surface area contributed by atoms with E-state index in [4.69, 9.17) is 6.42 Å². The van der Waals surface area contributed by atoms with E-state index in [0.29, 0.717) is 17.8 Å². The van der Waals surface area contributed by atoms with Crippen LogP contribution in [0.3, 0.4) is 0 Å². The number of hydrogen-bond donors (Lipinski definition) is 2. The molecule has 0 heterocycles. The van der Waals surface area contributed by atoms with E-state index < -0.39 is 5.60 Å². The van der Waals surface area contributed by atoms with Gasteiger partial charge in [0, 0.05) is 0 Å². The molecule has 2 nitrogen and oxygen atoms in total. The van der Waals surface area contributed by atoms with Crippen LogP contribution >= 0.6 is 0 Å². The van der Waals surface area contributed by atoms with Gasteiger partial charge < -0.3 is 10.2 Å². The molecule has 2 heteroatoms. The number of aliphatic hydroxyl groups is 2. The summed E-state index contributed by atoms with van der Waals surface area (Å²) >= 11 is 0. The predicted octanol–water partition coefficient (Wildman–Crippen LogP) is 3.67. The van der Waals surface area contributed by atoms with Crippen molar-refractivity contribution in [1.29, 1.82) is 0 Å². The molecule has 7 atom stereocenters. The summed E-state index contributed by atoms with van der Waals surface area (Å²) in [5.74, 6) is 4.60. The Morgan fingerprint density at radius 3 is 2.74 bits per heavy atom. The summed E-state index contributed by atoms with van der Waals surface area (Å²) in [6, 6.07) is 0. The molecule has 4 rings (SSSR count). The van der Waals surface area contributed by atoms with Gasteiger partial charge in [-0.3, -0.25) is 0 Å². The highest BCUT2D eigenvalue weighted by Crippen LogP contribution is 2.66. The molecule has 0 radical (unpaired) electrons. The standard InChI is InChI=1S/C21H30O2/c1-4-21(23)12-18-16-6-5-14-11-15(22)7-10-20(14,3)17(16)8-9-19(18,2)13-21/h1,5,15-18,22-23H,6-13H2,2-3H3/t15-,16-,17+,18+,19-,20+,21+/m1/s1. The molecule has 0 aromatic carbocycles. The van der Waals surface area contributed by atoms with E-state index in [1.54, 1.807) is 0 Å². The summed E-state index contributed by atoms with van der Waals surface area (Å²) in [4.78, 5) is 0. The SMILES string of the molecule is C#C[C@]1(O)C[C@H]2[C@@H]3CC=C4C[C@H](O)CC[C@]4(C)[C@H]3CC[C@]2(C)C1. The molecule has 0 aromatic rings. The Morgan fingerprint density at radius 1 is 1.22 bits per heavy atom. The fourth-order valence-electron chi connectivity index (χ4n) is 6.87. The van der Waals surface area contributed by atoms with E-state index in [1.807, 2.05) is 0 Å². The first-order valence-corrected chi connectivity index (χ1v) is 9.37. The Morgan fingerprint density at radius 2 is 2.00 bits per heavy atom. The zero-order chi connectivity index (χ0) is 16.5. The first kappa shape index (κ1) is 15.7. The minimum absolute atomic E-state index is 0.141. The zero-order valence-corrected chi connectivity index (χ0v) is 14.5. The van der Waals surface area contributed by atoms with Crippen molar-refractivity contribution in [3.05, 3.63) is 11.6 Å². The van der Waals surface area contributed by atoms with Crippen LogP contribution in [0.15, 0.2) is 11.6 Å². The smallest absolute Gasteiger partial charge is 0.126 e. The lowest BCUT2D eigenvalue weighted by Crippen LogP contribution is -2.49. The van der Waals surface area contributed by atoms with Crippen LogP contribution in [0, 0.1) is 40.9 Å². The lowest BCUT2D eigenvalue weighted by atomic mass is 9.48. The normalized spacial score (nSPS) is 55.2. The zero-order valence-electron chi connectivity index (χ0n) is 14.5. The summed E-state index contributed by atoms with van der Waals surface area (Å²) in [7, 11) is 0. The van der Waals surface area contributed by atoms with E-state index in [2.05, 4.69) is 25.8 Å². The van der Waals surface area contributed by atoms with Gasteiger partial charge in [-0.1, -0.05) is 31.4 Å². The van der Waals surface area contributed by atoms with Gasteiger partial charge in [0.15, 0.2) is 0 Å². The topological polar surface area (TPSA) is 40.5 Å². The van der Waals surface area contributed by atoms with Crippen molar-refractivity contribution in [1.82, 2.24) is 0 Å². The van der Waals surface area contributed by atoms with E-state index >= 15 is 0 Å². The minimum Gasteiger partial charge on any atom is -0.393 e. The maximum absolute atomic E-state index is 10.7. The summed E-state index contributed by atoms with van der Waals surface area (Å²) in [5, 5.41) is 20.8. The predicted molar refractivity (Wildman–Crippen MR) is 91.5 cm³/mol. The van der Waals surface area contributed by atoms with Crippen LogP contribution in [-0.2, 0) is 0 Å². The number of fused-ring (bicyclic) bond motifs is 5. The lowest BCUT2D eigenvalue weighted by Gasteiger charge is -2.57. The van der Waals surface area contributed by atoms with Crippen molar-refractivity contribution < 1.29 is 10.2 Å². The van der Waals surface area contributed by atoms with Crippen LogP contribution in [-0.4, -0.2) is 21.9 Å². The van der Waals surface area contributed by atoms with Crippen molar-refractivity contribution in [2.75, 3.05) is 0 Å². The summed E-state index contributed by atoms with van der Waals surface area (Å²) in [5.41, 5.74) is 1.09. The number of rotatable bonds is 0. The third-order valence-electron chi connectivity index (χ3n) is 8.12. The fourth-order valence-corrected chi connectivity index (χ4v) is 6.87. The Labute approximate surface area is 140 Å². The molecule has 4 aliphatic rings. The lowest BCUT2D eigenvalue weighted by molar-refractivity contribution is -0.0360. The van der Waals surface area contributed by atoms with Crippen molar-refractivity contribution >= 4 is 0 Å². The van der Waals surface area contributed by atoms with E-state index in [1.165, 1.54) is 18.4 Å². The molecule has 3 fully saturated rings. The molecule has 23 heavy (non-hydrogen) atoms. The van der Waals surface area contributed by atoms with Gasteiger partial charge in [-0.25, -0.2) is 0 Å². The number of hydrogen-bond acceptors (Lipinski definition) is 2. The molecular formula is C21H30O2. The van der Waals surface area contributed by atoms with Crippen molar-refractivity contribution in [2.45, 2.75) is 76.9 Å². The molecule has 0 bridgehead atoms. The van der Waals surface area contributed by atoms with Gasteiger partial charge >= 0.3 is 0 Å². The first-order valence-electron chi connectivity index (χ1n) is 9.37. The van der Waals surface area contributed by atoms with E-state index in [0.717, 1.165) is 38.5 Å². The second-order valence-electron chi connectivity index (χ2n) is 9.41. The van der Waals surface area contributed by atoms with Crippen molar-refractivity contribution in [2.24, 2.45) is 28.6 Å². The Bertz CT molecular complexity index is 587. The van der Waals surface area contributed by atoms with Gasteiger partial charge in [0.25, 0.3) is 0 Å². The Balaban J connectivity index is 1.68. The third kappa shape index (κ3) is 2.16. The average molecular weight is 314 g/mol. The van der Waals surface area contributed by atoms with E-state index in [9.17, 15) is 10.2 Å². The van der Waals surface area contributed by atoms with Crippen LogP contribution in [0.1, 0.15) is 65.2 Å². The molecule has 4 aliphatic carbocycles. The van der Waals surface area contributed by atoms with Crippen molar-refractivity contribution in [3.8, 4) is 12.3 Å². The van der Waals surface area contributed by atoms with Gasteiger partial charge in [0.05, 0.1) is 6.10 Å². The molecule has 2 N–H and O–H groups in total. The summed E-state index contributed by atoms with van der Waals surface area (Å²) in [6.45, 7) is 4.79. The maximum Gasteiger partial charge on any atom is 0.126 e. The van der Waals surface area contributed by atoms with Gasteiger partial charge in [-0.15, -0.1) is 6.42 Å². The van der Waals surface area contributed by atoms with Gasteiger partial charge in [-0.2, -0.15) is 0 Å². The third-order valence-corrected chi connectivity index (χ3v) is 8.12. The number of terminal acetylenes is 1. The Kier molecular flexibility index (Phi) is 3.33. The molecule has 0 amide bonds. The molecule has 3 saturated carbocycles. The second kappa shape index (κ2) is 4.87. The Hall–Kier alpha value is -0.780. The monoisotopic (exact) mass is 314 g/mol. The largest absolute Gasteiger partial charge is 0.393 e. The highest BCUT2D eigenvalue weighted by Gasteiger charge is 2.60. The molecule has 0 saturated heterocycles. The number of allylic oxidation sites excluding steroid dienone is 1. The van der Waals surface area contributed by atoms with Crippen LogP contribution in [0.5, 0.6) is 0 Å². The molecule has 0 aliphatic heterocycles. The quantitative estimate of drug-likeness (QED) is 0.529. The van der Waals surface area contributed by atoms with Gasteiger partial charge in [0.1, 0.15) is 5.60 Å². The molecule has 0 spiro atoms. The number of aliphatic hydroxyl groups excluding tert-OH is 1. The summed E-state index contributed by atoms with van der Waals surface area (Å²) < 4.78 is 0. The van der Waals surface area contributed by atoms with Gasteiger partial charge in [0.2, 0.25) is 0 Å². The highest BCUT2D eigenvalue weighted by molar-refractivity contribution is 5.27. The van der Waals surface area contributed by atoms with Gasteiger partial charge in [-0.05, 0) is 80.0 Å². The fraction of sp³-hybridized carbons (Fsp3) is 0.810.